The first-order chi connectivity index (χ1) is 13.9. The van der Waals surface area contributed by atoms with Crippen LogP contribution in [0.25, 0.3) is 0 Å². The lowest BCUT2D eigenvalue weighted by Crippen LogP contribution is -2.37. The number of alkyl halides is 3. The minimum atomic E-state index is -4.25. The summed E-state index contributed by atoms with van der Waals surface area (Å²) < 4.78 is 65.3. The Hall–Kier alpha value is -1.25. The molecular weight excluding hydrogens is 415 g/mol. The van der Waals surface area contributed by atoms with Crippen LogP contribution in [0.5, 0.6) is 5.75 Å². The summed E-state index contributed by atoms with van der Waals surface area (Å²) in [7, 11) is 1.72. The van der Waals surface area contributed by atoms with Gasteiger partial charge in [-0.2, -0.15) is 13.2 Å². The van der Waals surface area contributed by atoms with Crippen LogP contribution in [0.4, 0.5) is 13.2 Å². The van der Waals surface area contributed by atoms with Gasteiger partial charge in [0.15, 0.2) is 0 Å². The SMILES string of the molecule is CO[C@H]1CC[C@]2(CC1)Cc1ccc(OCCC(F)(F)F)cc1/C2=N/[S+]([O-])C(C)(C)C. The van der Waals surface area contributed by atoms with Crippen LogP contribution in [0.3, 0.4) is 0 Å². The van der Waals surface area contributed by atoms with Gasteiger partial charge in [0.25, 0.3) is 0 Å². The maximum atomic E-state index is 12.9. The van der Waals surface area contributed by atoms with Crippen molar-refractivity contribution in [3.8, 4) is 5.75 Å². The van der Waals surface area contributed by atoms with E-state index in [4.69, 9.17) is 9.47 Å². The normalized spacial score (nSPS) is 26.8. The molecule has 1 fully saturated rings. The van der Waals surface area contributed by atoms with Gasteiger partial charge >= 0.3 is 6.18 Å². The van der Waals surface area contributed by atoms with Crippen LogP contribution in [0.1, 0.15) is 64.0 Å². The van der Waals surface area contributed by atoms with Crippen molar-refractivity contribution in [2.24, 2.45) is 9.81 Å². The summed E-state index contributed by atoms with van der Waals surface area (Å²) in [4.78, 5) is 0. The van der Waals surface area contributed by atoms with Crippen molar-refractivity contribution in [1.82, 2.24) is 0 Å². The van der Waals surface area contributed by atoms with Crippen LogP contribution in [0.15, 0.2) is 22.6 Å². The monoisotopic (exact) mass is 445 g/mol. The molecule has 0 N–H and O–H groups in total. The van der Waals surface area contributed by atoms with Gasteiger partial charge in [-0.15, -0.1) is 0 Å². The highest BCUT2D eigenvalue weighted by atomic mass is 32.2. The summed E-state index contributed by atoms with van der Waals surface area (Å²) in [6, 6.07) is 5.39. The molecule has 30 heavy (non-hydrogen) atoms. The fourth-order valence-electron chi connectivity index (χ4n) is 4.20. The molecule has 0 amide bonds. The Morgan fingerprint density at radius 2 is 1.87 bits per heavy atom. The zero-order valence-corrected chi connectivity index (χ0v) is 18.8. The second kappa shape index (κ2) is 8.71. The molecule has 1 unspecified atom stereocenters. The van der Waals surface area contributed by atoms with Crippen LogP contribution in [0.2, 0.25) is 0 Å². The largest absolute Gasteiger partial charge is 0.591 e. The molecule has 2 aliphatic carbocycles. The quantitative estimate of drug-likeness (QED) is 0.570. The molecule has 168 valence electrons. The molecule has 1 spiro atoms. The van der Waals surface area contributed by atoms with E-state index in [-0.39, 0.29) is 11.5 Å². The molecule has 4 nitrogen and oxygen atoms in total. The van der Waals surface area contributed by atoms with Crippen LogP contribution < -0.4 is 4.74 Å². The summed E-state index contributed by atoms with van der Waals surface area (Å²) in [5.74, 6) is 0.384. The summed E-state index contributed by atoms with van der Waals surface area (Å²) >= 11 is -1.43. The molecular formula is C22H30F3NO3S. The third-order valence-corrected chi connectivity index (χ3v) is 7.34. The van der Waals surface area contributed by atoms with E-state index in [2.05, 4.69) is 4.40 Å². The lowest BCUT2D eigenvalue weighted by atomic mass is 9.70. The first-order valence-electron chi connectivity index (χ1n) is 10.3. The minimum absolute atomic E-state index is 0.205. The number of benzene rings is 1. The van der Waals surface area contributed by atoms with Gasteiger partial charge in [0.1, 0.15) is 27.6 Å². The zero-order chi connectivity index (χ0) is 22.2. The number of rotatable bonds is 5. The average molecular weight is 446 g/mol. The van der Waals surface area contributed by atoms with Gasteiger partial charge in [0.05, 0.1) is 19.1 Å². The second-order valence-corrected chi connectivity index (χ2v) is 11.1. The smallest absolute Gasteiger partial charge is 0.392 e. The Balaban J connectivity index is 1.91. The van der Waals surface area contributed by atoms with Crippen LogP contribution in [0, 0.1) is 5.41 Å². The molecule has 8 heteroatoms. The van der Waals surface area contributed by atoms with Crippen molar-refractivity contribution in [1.29, 1.82) is 0 Å². The van der Waals surface area contributed by atoms with Crippen molar-refractivity contribution in [2.45, 2.75) is 76.3 Å². The number of halogens is 3. The van der Waals surface area contributed by atoms with Gasteiger partial charge in [-0.25, -0.2) is 0 Å². The molecule has 1 aromatic rings. The van der Waals surface area contributed by atoms with Crippen molar-refractivity contribution in [3.63, 3.8) is 0 Å². The topological polar surface area (TPSA) is 53.9 Å². The number of ether oxygens (including phenoxy) is 2. The van der Waals surface area contributed by atoms with Crippen LogP contribution >= 0.6 is 0 Å². The number of hydrogen-bond donors (Lipinski definition) is 0. The first kappa shape index (κ1) is 23.4. The summed E-state index contributed by atoms with van der Waals surface area (Å²) in [5.41, 5.74) is 2.54. The van der Waals surface area contributed by atoms with Crippen molar-refractivity contribution in [2.75, 3.05) is 13.7 Å². The van der Waals surface area contributed by atoms with E-state index in [1.807, 2.05) is 26.8 Å². The molecule has 3 rings (SSSR count). The summed E-state index contributed by atoms with van der Waals surface area (Å²) in [5, 5.41) is 0. The van der Waals surface area contributed by atoms with Crippen LogP contribution in [-0.4, -0.2) is 41.0 Å². The number of hydrogen-bond acceptors (Lipinski definition) is 4. The van der Waals surface area contributed by atoms with Gasteiger partial charge in [0, 0.05) is 18.1 Å². The molecule has 1 aromatic carbocycles. The Morgan fingerprint density at radius 1 is 1.20 bits per heavy atom. The van der Waals surface area contributed by atoms with E-state index < -0.39 is 35.3 Å². The third kappa shape index (κ3) is 5.32. The van der Waals surface area contributed by atoms with E-state index in [0.717, 1.165) is 48.9 Å². The highest BCUT2D eigenvalue weighted by Crippen LogP contribution is 2.49. The van der Waals surface area contributed by atoms with E-state index in [1.165, 1.54) is 0 Å². The number of nitrogens with zero attached hydrogens (tertiary/aromatic N) is 1. The Bertz CT molecular complexity index is 781. The molecule has 0 saturated heterocycles. The van der Waals surface area contributed by atoms with E-state index >= 15 is 0 Å². The van der Waals surface area contributed by atoms with Gasteiger partial charge < -0.3 is 14.0 Å². The summed E-state index contributed by atoms with van der Waals surface area (Å²) in [6.45, 7) is 5.22. The zero-order valence-electron chi connectivity index (χ0n) is 18.0. The van der Waals surface area contributed by atoms with Gasteiger partial charge in [-0.1, -0.05) is 10.5 Å². The van der Waals surface area contributed by atoms with Crippen molar-refractivity contribution in [3.05, 3.63) is 29.3 Å². The maximum Gasteiger partial charge on any atom is 0.392 e. The lowest BCUT2D eigenvalue weighted by molar-refractivity contribution is -0.139. The van der Waals surface area contributed by atoms with Crippen LogP contribution in [-0.2, 0) is 22.5 Å². The van der Waals surface area contributed by atoms with Gasteiger partial charge in [-0.3, -0.25) is 0 Å². The number of methoxy groups -OCH3 is 1. The highest BCUT2D eigenvalue weighted by molar-refractivity contribution is 7.91. The third-order valence-electron chi connectivity index (χ3n) is 5.94. The van der Waals surface area contributed by atoms with E-state index in [9.17, 15) is 17.7 Å². The van der Waals surface area contributed by atoms with Crippen molar-refractivity contribution >= 4 is 17.1 Å². The minimum Gasteiger partial charge on any atom is -0.591 e. The predicted octanol–water partition coefficient (Wildman–Crippen LogP) is 5.40. The fourth-order valence-corrected chi connectivity index (χ4v) is 4.93. The van der Waals surface area contributed by atoms with Gasteiger partial charge in [0.2, 0.25) is 0 Å². The predicted molar refractivity (Wildman–Crippen MR) is 112 cm³/mol. The number of fused-ring (bicyclic) bond motifs is 1. The fraction of sp³-hybridized carbons (Fsp3) is 0.682. The standard InChI is InChI=1S/C22H30F3NO3S/c1-20(2,3)30(27)26-19-18-13-17(29-12-11-22(23,24)25)6-5-15(18)14-21(19)9-7-16(28-4)8-10-21/h5-6,13,16H,7-12,14H2,1-4H3/b26-19-/t16-,21-,30?. The average Bonchev–Trinajstić information content (AvgIpc) is 2.93. The molecule has 0 radical (unpaired) electrons. The Kier molecular flexibility index (Phi) is 6.80. The molecule has 2 aliphatic rings. The highest BCUT2D eigenvalue weighted by Gasteiger charge is 2.48. The molecule has 0 heterocycles. The maximum absolute atomic E-state index is 12.9. The molecule has 1 saturated carbocycles. The molecule has 0 bridgehead atoms. The van der Waals surface area contributed by atoms with Crippen molar-refractivity contribution < 1.29 is 27.2 Å². The van der Waals surface area contributed by atoms with E-state index in [0.29, 0.717) is 5.75 Å². The molecule has 0 aliphatic heterocycles. The lowest BCUT2D eigenvalue weighted by Gasteiger charge is -2.37. The Labute approximate surface area is 179 Å². The van der Waals surface area contributed by atoms with E-state index in [1.54, 1.807) is 19.2 Å². The molecule has 1 atom stereocenters. The second-order valence-electron chi connectivity index (χ2n) is 9.23. The Morgan fingerprint density at radius 3 is 2.43 bits per heavy atom. The molecule has 0 aromatic heterocycles. The first-order valence-corrected chi connectivity index (χ1v) is 11.4. The summed E-state index contributed by atoms with van der Waals surface area (Å²) in [6.07, 6.45) is -0.675. The van der Waals surface area contributed by atoms with Gasteiger partial charge in [-0.05, 0) is 70.6 Å².